The van der Waals surface area contributed by atoms with Crippen molar-refractivity contribution in [2.75, 3.05) is 27.4 Å². The molecule has 0 aromatic carbocycles. The summed E-state index contributed by atoms with van der Waals surface area (Å²) < 4.78 is 39.5. The van der Waals surface area contributed by atoms with E-state index in [4.69, 9.17) is 23.3 Å². The Kier molecular flexibility index (Phi) is 11.6. The highest BCUT2D eigenvalue weighted by Crippen LogP contribution is 2.60. The highest BCUT2D eigenvalue weighted by molar-refractivity contribution is 7.54. The molecule has 35 heavy (non-hydrogen) atoms. The van der Waals surface area contributed by atoms with Crippen LogP contribution in [0.15, 0.2) is 0 Å². The Bertz CT molecular complexity index is 941. The van der Waals surface area contributed by atoms with Gasteiger partial charge in [-0.05, 0) is 52.2 Å². The topological polar surface area (TPSA) is 159 Å². The lowest BCUT2D eigenvalue weighted by Gasteiger charge is -2.26. The molecule has 1 aromatic heterocycles. The predicted octanol–water partition coefficient (Wildman–Crippen LogP) is 2.80. The Morgan fingerprint density at radius 2 is 1.60 bits per heavy atom. The van der Waals surface area contributed by atoms with Crippen molar-refractivity contribution < 1.29 is 47.0 Å². The number of nitrogens with one attached hydrogen (secondary N) is 2. The molecule has 2 N–H and O–H groups in total. The van der Waals surface area contributed by atoms with Crippen molar-refractivity contribution in [3.05, 3.63) is 22.5 Å². The number of hydrogen-bond donors (Lipinski definition) is 2. The van der Waals surface area contributed by atoms with E-state index in [-0.39, 0.29) is 55.0 Å². The quantitative estimate of drug-likeness (QED) is 0.162. The van der Waals surface area contributed by atoms with Crippen LogP contribution in [-0.4, -0.2) is 62.3 Å². The molecule has 0 aliphatic carbocycles. The summed E-state index contributed by atoms with van der Waals surface area (Å²) in [7, 11) is -1.63. The van der Waals surface area contributed by atoms with Crippen molar-refractivity contribution in [1.82, 2.24) is 10.3 Å². The molecule has 198 valence electrons. The smallest absolute Gasteiger partial charge is 0.358 e. The normalized spacial score (nSPS) is 12.5. The highest BCUT2D eigenvalue weighted by Gasteiger charge is 2.41. The molecule has 0 aliphatic rings. The van der Waals surface area contributed by atoms with E-state index < -0.39 is 36.9 Å². The second-order valence-corrected chi connectivity index (χ2v) is 10.4. The Balaban J connectivity index is 3.89. The molecule has 0 fully saturated rings. The van der Waals surface area contributed by atoms with Crippen LogP contribution in [0.1, 0.15) is 74.1 Å². The number of H-pyrrole nitrogens is 1. The SMILES string of the molecule is CCOP(=O)(OCC)C(NC=O)c1[nH]c(C(=O)OC(C)(C)C)c(CCC(=O)OC)c1CC(=O)OC. The molecule has 1 rings (SSSR count). The van der Waals surface area contributed by atoms with E-state index in [2.05, 4.69) is 10.3 Å². The maximum Gasteiger partial charge on any atom is 0.358 e. The molecule has 1 heterocycles. The zero-order valence-corrected chi connectivity index (χ0v) is 22.1. The lowest BCUT2D eigenvalue weighted by atomic mass is 10.00. The number of aromatic amines is 1. The molecule has 0 saturated carbocycles. The molecule has 0 saturated heterocycles. The van der Waals surface area contributed by atoms with Crippen LogP contribution >= 0.6 is 7.60 Å². The van der Waals surface area contributed by atoms with Crippen LogP contribution in [0.4, 0.5) is 0 Å². The standard InChI is InChI=1S/C22H35N2O10P/c1-8-32-35(29,33-9-2)20(23-13-25)18-15(12-17(27)31-7)14(10-11-16(26)30-6)19(24-18)21(28)34-22(3,4)5/h13,20,24H,8-12H2,1-7H3,(H,23,25). The maximum atomic E-state index is 13.7. The number of esters is 3. The predicted molar refractivity (Wildman–Crippen MR) is 125 cm³/mol. The van der Waals surface area contributed by atoms with Gasteiger partial charge in [0.2, 0.25) is 6.41 Å². The molecule has 1 unspecified atom stereocenters. The van der Waals surface area contributed by atoms with Gasteiger partial charge in [-0.1, -0.05) is 0 Å². The Labute approximate surface area is 204 Å². The van der Waals surface area contributed by atoms with Crippen LogP contribution in [0.5, 0.6) is 0 Å². The van der Waals surface area contributed by atoms with Crippen LogP contribution < -0.4 is 5.32 Å². The van der Waals surface area contributed by atoms with Crippen LogP contribution in [0.3, 0.4) is 0 Å². The van der Waals surface area contributed by atoms with E-state index in [9.17, 15) is 23.7 Å². The number of ether oxygens (including phenoxy) is 3. The average Bonchev–Trinajstić information content (AvgIpc) is 3.12. The van der Waals surface area contributed by atoms with Crippen molar-refractivity contribution in [3.8, 4) is 0 Å². The minimum absolute atomic E-state index is 0.00448. The molecule has 1 atom stereocenters. The van der Waals surface area contributed by atoms with Crippen LogP contribution in [0.25, 0.3) is 0 Å². The number of carbonyl (C=O) groups excluding carboxylic acids is 4. The van der Waals surface area contributed by atoms with Crippen molar-refractivity contribution in [2.24, 2.45) is 0 Å². The van der Waals surface area contributed by atoms with Gasteiger partial charge in [0.05, 0.1) is 39.5 Å². The zero-order chi connectivity index (χ0) is 26.8. The minimum atomic E-state index is -4.04. The number of aromatic nitrogens is 1. The Hall–Kier alpha value is -2.69. The summed E-state index contributed by atoms with van der Waals surface area (Å²) in [6.45, 7) is 8.21. The third kappa shape index (κ3) is 8.48. The fourth-order valence-electron chi connectivity index (χ4n) is 3.30. The Morgan fingerprint density at radius 3 is 2.06 bits per heavy atom. The lowest BCUT2D eigenvalue weighted by Crippen LogP contribution is -2.25. The van der Waals surface area contributed by atoms with Gasteiger partial charge in [0, 0.05) is 6.42 Å². The summed E-state index contributed by atoms with van der Waals surface area (Å²) in [5.74, 6) is -3.40. The molecule has 0 bridgehead atoms. The highest BCUT2D eigenvalue weighted by atomic mass is 31.2. The molecule has 0 radical (unpaired) electrons. The largest absolute Gasteiger partial charge is 0.469 e. The van der Waals surface area contributed by atoms with Crippen LogP contribution in [-0.2, 0) is 55.0 Å². The van der Waals surface area contributed by atoms with Gasteiger partial charge in [0.25, 0.3) is 0 Å². The molecule has 1 amide bonds. The van der Waals surface area contributed by atoms with Gasteiger partial charge in [-0.3, -0.25) is 18.9 Å². The first-order chi connectivity index (χ1) is 16.4. The number of carbonyl (C=O) groups is 4. The molecule has 12 nitrogen and oxygen atoms in total. The zero-order valence-electron chi connectivity index (χ0n) is 21.2. The van der Waals surface area contributed by atoms with E-state index in [1.165, 1.54) is 14.2 Å². The van der Waals surface area contributed by atoms with Gasteiger partial charge >= 0.3 is 25.5 Å². The fourth-order valence-corrected chi connectivity index (χ4v) is 5.18. The summed E-state index contributed by atoms with van der Waals surface area (Å²) in [6.07, 6.45) is -0.208. The number of amides is 1. The van der Waals surface area contributed by atoms with Crippen molar-refractivity contribution in [3.63, 3.8) is 0 Å². The van der Waals surface area contributed by atoms with Crippen LogP contribution in [0, 0.1) is 0 Å². The van der Waals surface area contributed by atoms with Gasteiger partial charge in [-0.15, -0.1) is 0 Å². The van der Waals surface area contributed by atoms with E-state index >= 15 is 0 Å². The third-order valence-corrected chi connectivity index (χ3v) is 6.92. The second-order valence-electron chi connectivity index (χ2n) is 8.26. The maximum absolute atomic E-state index is 13.7. The first kappa shape index (κ1) is 30.3. The first-order valence-corrected chi connectivity index (χ1v) is 12.7. The van der Waals surface area contributed by atoms with Gasteiger partial charge in [0.15, 0.2) is 5.78 Å². The third-order valence-electron chi connectivity index (χ3n) is 4.64. The van der Waals surface area contributed by atoms with Gasteiger partial charge < -0.3 is 33.6 Å². The summed E-state index contributed by atoms with van der Waals surface area (Å²) in [6, 6.07) is 0. The van der Waals surface area contributed by atoms with Crippen molar-refractivity contribution >= 4 is 31.9 Å². The van der Waals surface area contributed by atoms with E-state index in [0.717, 1.165) is 0 Å². The Morgan fingerprint density at radius 1 is 1.03 bits per heavy atom. The fraction of sp³-hybridized carbons (Fsp3) is 0.636. The molecule has 0 spiro atoms. The summed E-state index contributed by atoms with van der Waals surface area (Å²) in [5.41, 5.74) is -0.456. The number of methoxy groups -OCH3 is 2. The van der Waals surface area contributed by atoms with Crippen LogP contribution in [0.2, 0.25) is 0 Å². The van der Waals surface area contributed by atoms with Gasteiger partial charge in [-0.25, -0.2) is 4.79 Å². The van der Waals surface area contributed by atoms with Gasteiger partial charge in [-0.2, -0.15) is 0 Å². The van der Waals surface area contributed by atoms with Crippen molar-refractivity contribution in [1.29, 1.82) is 0 Å². The molecular formula is C22H35N2O10P. The van der Waals surface area contributed by atoms with E-state index in [0.29, 0.717) is 6.41 Å². The molecular weight excluding hydrogens is 483 g/mol. The lowest BCUT2D eigenvalue weighted by molar-refractivity contribution is -0.141. The summed E-state index contributed by atoms with van der Waals surface area (Å²) in [5, 5.41) is 2.42. The average molecular weight is 519 g/mol. The van der Waals surface area contributed by atoms with Gasteiger partial charge in [0.1, 0.15) is 11.3 Å². The van der Waals surface area contributed by atoms with E-state index in [1.807, 2.05) is 0 Å². The van der Waals surface area contributed by atoms with E-state index in [1.54, 1.807) is 34.6 Å². The number of hydrogen-bond acceptors (Lipinski definition) is 10. The monoisotopic (exact) mass is 518 g/mol. The number of rotatable bonds is 14. The van der Waals surface area contributed by atoms with Crippen molar-refractivity contribution in [2.45, 2.75) is 65.3 Å². The summed E-state index contributed by atoms with van der Waals surface area (Å²) in [4.78, 5) is 51.6. The molecule has 13 heteroatoms. The molecule has 1 aromatic rings. The first-order valence-electron chi connectivity index (χ1n) is 11.1. The minimum Gasteiger partial charge on any atom is -0.469 e. The molecule has 0 aliphatic heterocycles. The second kappa shape index (κ2) is 13.4. The summed E-state index contributed by atoms with van der Waals surface area (Å²) >= 11 is 0.